The van der Waals surface area contributed by atoms with E-state index in [0.29, 0.717) is 28.2 Å². The summed E-state index contributed by atoms with van der Waals surface area (Å²) in [5.41, 5.74) is 1.71. The maximum atomic E-state index is 13.5. The molecule has 2 aromatic rings. The van der Waals surface area contributed by atoms with Crippen LogP contribution in [-0.2, 0) is 10.1 Å². The molecule has 0 saturated heterocycles. The Morgan fingerprint density at radius 1 is 0.806 bits per heavy atom. The predicted molar refractivity (Wildman–Crippen MR) is 110 cm³/mol. The molecule has 2 aliphatic rings. The maximum absolute atomic E-state index is 13.5. The first kappa shape index (κ1) is 21.0. The molecule has 2 aromatic carbocycles. The average Bonchev–Trinajstić information content (AvgIpc) is 3.01. The summed E-state index contributed by atoms with van der Waals surface area (Å²) in [4.78, 5) is 28.1. The van der Waals surface area contributed by atoms with Crippen molar-refractivity contribution in [2.24, 2.45) is 0 Å². The van der Waals surface area contributed by atoms with Crippen LogP contribution in [0.5, 0.6) is 23.0 Å². The van der Waals surface area contributed by atoms with Gasteiger partial charge < -0.3 is 23.3 Å². The van der Waals surface area contributed by atoms with E-state index in [2.05, 4.69) is 0 Å². The van der Waals surface area contributed by atoms with E-state index < -0.39 is 22.1 Å². The average molecular weight is 447 g/mol. The number of methoxy groups -OCH3 is 3. The third kappa shape index (κ3) is 3.18. The number of ether oxygens (including phenoxy) is 3. The van der Waals surface area contributed by atoms with Gasteiger partial charge in [0.2, 0.25) is 0 Å². The number of carbonyl (C=O) groups is 2. The lowest BCUT2D eigenvalue weighted by molar-refractivity contribution is 0.0665. The molecule has 9 nitrogen and oxygen atoms in total. The fraction of sp³-hybridized carbons (Fsp3) is 0.333. The number of hydrogen-bond acceptors (Lipinski definition) is 8. The Bertz CT molecular complexity index is 1220. The normalized spacial score (nSPS) is 19.5. The highest BCUT2D eigenvalue weighted by molar-refractivity contribution is 7.86. The summed E-state index contributed by atoms with van der Waals surface area (Å²) in [7, 11) is 2.09. The lowest BCUT2D eigenvalue weighted by atomic mass is 9.83. The van der Waals surface area contributed by atoms with E-state index in [4.69, 9.17) is 18.4 Å². The number of amides is 1. The van der Waals surface area contributed by atoms with Crippen LogP contribution in [0.4, 0.5) is 0 Å². The first-order chi connectivity index (χ1) is 14.6. The summed E-state index contributed by atoms with van der Waals surface area (Å²) in [5, 5.41) is 0. The zero-order chi connectivity index (χ0) is 22.7. The SMILES string of the molecule is COc1cc2c(cc1OC)[C@@H]1C(=O)c3cc(OS(C)(=O)=O)c(OC)cc3[C@@H]1N(C)C2=O. The third-order valence-corrected chi connectivity index (χ3v) is 6.10. The van der Waals surface area contributed by atoms with E-state index in [0.717, 1.165) is 6.26 Å². The topological polar surface area (TPSA) is 108 Å². The molecule has 10 heteroatoms. The predicted octanol–water partition coefficient (Wildman–Crippen LogP) is 2.16. The van der Waals surface area contributed by atoms with Crippen LogP contribution in [0.1, 0.15) is 43.8 Å². The lowest BCUT2D eigenvalue weighted by Crippen LogP contribution is -2.39. The van der Waals surface area contributed by atoms with Gasteiger partial charge in [0.25, 0.3) is 5.91 Å². The summed E-state index contributed by atoms with van der Waals surface area (Å²) in [6, 6.07) is 5.54. The first-order valence-corrected chi connectivity index (χ1v) is 11.1. The van der Waals surface area contributed by atoms with Gasteiger partial charge in [0.05, 0.1) is 39.5 Å². The minimum Gasteiger partial charge on any atom is -0.493 e. The molecule has 4 rings (SSSR count). The molecule has 1 aliphatic heterocycles. The fourth-order valence-corrected chi connectivity index (χ4v) is 4.77. The van der Waals surface area contributed by atoms with Gasteiger partial charge in [-0.25, -0.2) is 0 Å². The molecule has 164 valence electrons. The van der Waals surface area contributed by atoms with Gasteiger partial charge in [0, 0.05) is 18.2 Å². The van der Waals surface area contributed by atoms with Crippen LogP contribution in [0.2, 0.25) is 0 Å². The summed E-state index contributed by atoms with van der Waals surface area (Å²) in [5.74, 6) is -0.364. The van der Waals surface area contributed by atoms with E-state index in [-0.39, 0.29) is 28.8 Å². The van der Waals surface area contributed by atoms with Gasteiger partial charge >= 0.3 is 10.1 Å². The second-order valence-corrected chi connectivity index (χ2v) is 8.95. The van der Waals surface area contributed by atoms with Gasteiger partial charge in [-0.15, -0.1) is 0 Å². The smallest absolute Gasteiger partial charge is 0.306 e. The number of benzene rings is 2. The number of carbonyl (C=O) groups excluding carboxylic acids is 2. The van der Waals surface area contributed by atoms with E-state index >= 15 is 0 Å². The van der Waals surface area contributed by atoms with Crippen LogP contribution >= 0.6 is 0 Å². The van der Waals surface area contributed by atoms with Gasteiger partial charge in [-0.05, 0) is 35.4 Å². The molecule has 1 amide bonds. The van der Waals surface area contributed by atoms with Crippen molar-refractivity contribution in [1.82, 2.24) is 4.90 Å². The van der Waals surface area contributed by atoms with Crippen LogP contribution in [0.15, 0.2) is 24.3 Å². The summed E-state index contributed by atoms with van der Waals surface area (Å²) < 4.78 is 44.3. The second kappa shape index (κ2) is 7.16. The number of rotatable bonds is 5. The van der Waals surface area contributed by atoms with Crippen molar-refractivity contribution in [3.63, 3.8) is 0 Å². The molecule has 31 heavy (non-hydrogen) atoms. The van der Waals surface area contributed by atoms with Crippen molar-refractivity contribution in [2.75, 3.05) is 34.6 Å². The van der Waals surface area contributed by atoms with Crippen LogP contribution in [-0.4, -0.2) is 59.6 Å². The number of hydrogen-bond donors (Lipinski definition) is 0. The molecule has 0 unspecified atom stereocenters. The number of nitrogens with zero attached hydrogens (tertiary/aromatic N) is 1. The van der Waals surface area contributed by atoms with Crippen molar-refractivity contribution in [3.8, 4) is 23.0 Å². The Kier molecular flexibility index (Phi) is 4.84. The number of likely N-dealkylation sites (N-methyl/N-ethyl adjacent to an activating group) is 1. The van der Waals surface area contributed by atoms with Crippen molar-refractivity contribution in [3.05, 3.63) is 46.5 Å². The molecule has 2 atom stereocenters. The summed E-state index contributed by atoms with van der Waals surface area (Å²) >= 11 is 0. The minimum absolute atomic E-state index is 0.0859. The van der Waals surface area contributed by atoms with Crippen LogP contribution in [0.3, 0.4) is 0 Å². The molecule has 0 radical (unpaired) electrons. The molecular formula is C21H21NO8S. The Morgan fingerprint density at radius 3 is 1.90 bits per heavy atom. The van der Waals surface area contributed by atoms with E-state index in [9.17, 15) is 18.0 Å². The fourth-order valence-electron chi connectivity index (χ4n) is 4.31. The van der Waals surface area contributed by atoms with Crippen molar-refractivity contribution in [1.29, 1.82) is 0 Å². The van der Waals surface area contributed by atoms with Gasteiger partial charge in [0.1, 0.15) is 0 Å². The highest BCUT2D eigenvalue weighted by atomic mass is 32.2. The molecule has 1 aliphatic carbocycles. The van der Waals surface area contributed by atoms with Crippen LogP contribution in [0.25, 0.3) is 0 Å². The van der Waals surface area contributed by atoms with Gasteiger partial charge in [-0.2, -0.15) is 8.42 Å². The lowest BCUT2D eigenvalue weighted by Gasteiger charge is -2.36. The number of fused-ring (bicyclic) bond motifs is 5. The standard InChI is InChI=1S/C21H21NO8S/c1-22-19-11-7-16(29-4)17(30-31(5,25)26)8-12(11)20(23)18(19)10-6-14(27-2)15(28-3)9-13(10)21(22)24/h6-9,18-19H,1-5H3/t18-,19-/m0/s1. The number of Topliss-reactive ketones (excluding diaryl/α,β-unsaturated/α-hetero) is 1. The van der Waals surface area contributed by atoms with Crippen molar-refractivity contribution in [2.45, 2.75) is 12.0 Å². The Balaban J connectivity index is 1.93. The molecule has 0 bridgehead atoms. The van der Waals surface area contributed by atoms with Crippen LogP contribution in [0, 0.1) is 0 Å². The Morgan fingerprint density at radius 2 is 1.32 bits per heavy atom. The van der Waals surface area contributed by atoms with E-state index in [1.54, 1.807) is 25.2 Å². The van der Waals surface area contributed by atoms with Crippen LogP contribution < -0.4 is 18.4 Å². The Labute approximate surface area is 179 Å². The molecule has 0 fully saturated rings. The molecule has 1 heterocycles. The quantitative estimate of drug-likeness (QED) is 0.642. The molecular weight excluding hydrogens is 426 g/mol. The Hall–Kier alpha value is -3.27. The van der Waals surface area contributed by atoms with Gasteiger partial charge in [-0.1, -0.05) is 0 Å². The van der Waals surface area contributed by atoms with E-state index in [1.807, 2.05) is 0 Å². The van der Waals surface area contributed by atoms with Crippen molar-refractivity contribution >= 4 is 21.8 Å². The van der Waals surface area contributed by atoms with Gasteiger partial charge in [-0.3, -0.25) is 9.59 Å². The van der Waals surface area contributed by atoms with Crippen molar-refractivity contribution < 1.29 is 36.4 Å². The highest BCUT2D eigenvalue weighted by Gasteiger charge is 2.50. The monoisotopic (exact) mass is 447 g/mol. The molecule has 0 aromatic heterocycles. The second-order valence-electron chi connectivity index (χ2n) is 7.38. The molecule has 0 spiro atoms. The molecule has 0 N–H and O–H groups in total. The van der Waals surface area contributed by atoms with Gasteiger partial charge in [0.15, 0.2) is 28.8 Å². The minimum atomic E-state index is -3.84. The zero-order valence-electron chi connectivity index (χ0n) is 17.6. The largest absolute Gasteiger partial charge is 0.493 e. The summed E-state index contributed by atoms with van der Waals surface area (Å²) in [6.07, 6.45) is 0.906. The van der Waals surface area contributed by atoms with E-state index in [1.165, 1.54) is 32.3 Å². The maximum Gasteiger partial charge on any atom is 0.306 e. The third-order valence-electron chi connectivity index (χ3n) is 5.62. The highest BCUT2D eigenvalue weighted by Crippen LogP contribution is 2.53. The zero-order valence-corrected chi connectivity index (χ0v) is 18.4. The number of ketones is 1. The molecule has 0 saturated carbocycles. The first-order valence-electron chi connectivity index (χ1n) is 9.30. The summed E-state index contributed by atoms with van der Waals surface area (Å²) in [6.45, 7) is 0.